The van der Waals surface area contributed by atoms with Crippen LogP contribution in [0.4, 0.5) is 5.69 Å². The predicted octanol–water partition coefficient (Wildman–Crippen LogP) is 7.25. The smallest absolute Gasteiger partial charge is 0.337 e. The van der Waals surface area contributed by atoms with Gasteiger partial charge in [-0.15, -0.1) is 0 Å². The van der Waals surface area contributed by atoms with Crippen molar-refractivity contribution in [2.24, 2.45) is 5.41 Å². The first-order valence-corrected chi connectivity index (χ1v) is 13.7. The Morgan fingerprint density at radius 1 is 1.13 bits per heavy atom. The molecule has 1 saturated heterocycles. The fraction of sp³-hybridized carbons (Fsp3) is 0.452. The zero-order chi connectivity index (χ0) is 28.4. The Hall–Kier alpha value is -3.16. The van der Waals surface area contributed by atoms with Gasteiger partial charge in [0.15, 0.2) is 6.10 Å². The molecule has 208 valence electrons. The highest BCUT2D eigenvalue weighted by Gasteiger charge is 2.36. The topological polar surface area (TPSA) is 84.8 Å². The van der Waals surface area contributed by atoms with Gasteiger partial charge in [-0.1, -0.05) is 37.6 Å². The first-order valence-electron chi connectivity index (χ1n) is 13.3. The van der Waals surface area contributed by atoms with Crippen LogP contribution < -0.4 is 9.64 Å². The number of aryl methyl sites for hydroxylation is 1. The highest BCUT2D eigenvalue weighted by Crippen LogP contribution is 2.43. The lowest BCUT2D eigenvalue weighted by Crippen LogP contribution is -2.39. The van der Waals surface area contributed by atoms with Crippen LogP contribution >= 0.6 is 11.6 Å². The molecular weight excluding hydrogens is 514 g/mol. The number of carboxylic acids is 1. The number of pyridine rings is 2. The van der Waals surface area contributed by atoms with E-state index in [1.807, 2.05) is 64.1 Å². The van der Waals surface area contributed by atoms with E-state index < -0.39 is 17.7 Å². The summed E-state index contributed by atoms with van der Waals surface area (Å²) < 4.78 is 12.0. The van der Waals surface area contributed by atoms with Crippen molar-refractivity contribution < 1.29 is 19.4 Å². The number of nitrogens with zero attached hydrogens (tertiary/aromatic N) is 3. The number of halogens is 1. The Balaban J connectivity index is 1.73. The monoisotopic (exact) mass is 551 g/mol. The molecule has 1 aliphatic heterocycles. The van der Waals surface area contributed by atoms with Gasteiger partial charge in [-0.05, 0) is 75.8 Å². The minimum atomic E-state index is -1.16. The lowest BCUT2D eigenvalue weighted by Gasteiger charge is -2.40. The molecule has 1 fully saturated rings. The Bertz CT molecular complexity index is 1310. The summed E-state index contributed by atoms with van der Waals surface area (Å²) in [6.45, 7) is 14.0. The molecule has 0 unspecified atom stereocenters. The van der Waals surface area contributed by atoms with Crippen LogP contribution in [0.1, 0.15) is 70.4 Å². The van der Waals surface area contributed by atoms with Crippen molar-refractivity contribution in [3.63, 3.8) is 0 Å². The zero-order valence-electron chi connectivity index (χ0n) is 23.6. The number of carbonyl (C=O) groups is 1. The van der Waals surface area contributed by atoms with Crippen LogP contribution in [0.25, 0.3) is 11.3 Å². The average Bonchev–Trinajstić information content (AvgIpc) is 2.86. The summed E-state index contributed by atoms with van der Waals surface area (Å²) >= 11 is 6.09. The Labute approximate surface area is 236 Å². The lowest BCUT2D eigenvalue weighted by molar-refractivity contribution is -0.160. The van der Waals surface area contributed by atoms with Gasteiger partial charge in [0.05, 0.1) is 23.2 Å². The summed E-state index contributed by atoms with van der Waals surface area (Å²) in [5, 5.41) is 10.9. The second-order valence-electron chi connectivity index (χ2n) is 11.9. The van der Waals surface area contributed by atoms with Crippen LogP contribution in [-0.4, -0.2) is 39.7 Å². The zero-order valence-corrected chi connectivity index (χ0v) is 24.4. The highest BCUT2D eigenvalue weighted by atomic mass is 35.5. The summed E-state index contributed by atoms with van der Waals surface area (Å²) in [4.78, 5) is 24.2. The summed E-state index contributed by atoms with van der Waals surface area (Å²) in [7, 11) is 0. The molecule has 1 aromatic carbocycles. The molecule has 1 aliphatic rings. The minimum absolute atomic E-state index is 0.229. The number of hydrogen-bond donors (Lipinski definition) is 1. The van der Waals surface area contributed by atoms with Crippen LogP contribution in [0.2, 0.25) is 5.02 Å². The number of anilines is 1. The van der Waals surface area contributed by atoms with Gasteiger partial charge >= 0.3 is 5.97 Å². The van der Waals surface area contributed by atoms with E-state index in [2.05, 4.69) is 23.7 Å². The number of piperidine rings is 1. The summed E-state index contributed by atoms with van der Waals surface area (Å²) in [6, 6.07) is 11.3. The quantitative estimate of drug-likeness (QED) is 0.315. The van der Waals surface area contributed by atoms with Crippen molar-refractivity contribution in [2.45, 2.75) is 72.7 Å². The normalized spacial score (nSPS) is 16.1. The van der Waals surface area contributed by atoms with E-state index in [1.165, 1.54) is 0 Å². The van der Waals surface area contributed by atoms with E-state index in [1.54, 1.807) is 12.4 Å². The van der Waals surface area contributed by atoms with E-state index in [0.29, 0.717) is 34.3 Å². The van der Waals surface area contributed by atoms with Crippen molar-refractivity contribution in [1.29, 1.82) is 0 Å². The van der Waals surface area contributed by atoms with Gasteiger partial charge in [0.1, 0.15) is 12.4 Å². The molecule has 3 aromatic rings. The Morgan fingerprint density at radius 3 is 2.44 bits per heavy atom. The largest absolute Gasteiger partial charge is 0.487 e. The minimum Gasteiger partial charge on any atom is -0.487 e. The maximum absolute atomic E-state index is 12.6. The van der Waals surface area contributed by atoms with Crippen LogP contribution in [0.15, 0.2) is 48.8 Å². The molecule has 7 nitrogen and oxygen atoms in total. The first-order chi connectivity index (χ1) is 18.3. The molecule has 0 radical (unpaired) electrons. The molecule has 0 amide bonds. The SMILES string of the molecule is Cc1ncc(-c2ccc(OCc3cccc(Cl)c3)cn2)c(N2CCC(C)(C)CC2)c1[C@H](OC(C)(C)C)C(=O)O. The van der Waals surface area contributed by atoms with Gasteiger partial charge in [-0.25, -0.2) is 4.79 Å². The fourth-order valence-electron chi connectivity index (χ4n) is 4.79. The predicted molar refractivity (Wildman–Crippen MR) is 154 cm³/mol. The molecule has 0 spiro atoms. The molecule has 2 aromatic heterocycles. The Morgan fingerprint density at radius 2 is 1.85 bits per heavy atom. The summed E-state index contributed by atoms with van der Waals surface area (Å²) in [6.07, 6.45) is 4.30. The van der Waals surface area contributed by atoms with E-state index >= 15 is 0 Å². The average molecular weight is 552 g/mol. The van der Waals surface area contributed by atoms with Crippen LogP contribution in [0, 0.1) is 12.3 Å². The summed E-state index contributed by atoms with van der Waals surface area (Å²) in [5.41, 5.74) is 4.05. The highest BCUT2D eigenvalue weighted by molar-refractivity contribution is 6.30. The molecular formula is C31H38ClN3O4. The number of aromatic nitrogens is 2. The molecule has 0 aliphatic carbocycles. The van der Waals surface area contributed by atoms with Gasteiger partial charge in [-0.2, -0.15) is 0 Å². The van der Waals surface area contributed by atoms with E-state index in [-0.39, 0.29) is 5.41 Å². The first kappa shape index (κ1) is 28.8. The summed E-state index contributed by atoms with van der Waals surface area (Å²) in [5.74, 6) is -0.414. The molecule has 0 saturated carbocycles. The number of carboxylic acid groups (broad SMARTS) is 1. The van der Waals surface area contributed by atoms with E-state index in [9.17, 15) is 9.90 Å². The third-order valence-electron chi connectivity index (χ3n) is 6.99. The number of benzene rings is 1. The van der Waals surface area contributed by atoms with Crippen LogP contribution in [0.3, 0.4) is 0 Å². The molecule has 1 atom stereocenters. The van der Waals surface area contributed by atoms with Crippen LogP contribution in [0.5, 0.6) is 5.75 Å². The third-order valence-corrected chi connectivity index (χ3v) is 7.22. The van der Waals surface area contributed by atoms with Crippen molar-refractivity contribution in [2.75, 3.05) is 18.0 Å². The third kappa shape index (κ3) is 7.28. The number of rotatable bonds is 8. The van der Waals surface area contributed by atoms with Gasteiger partial charge < -0.3 is 19.5 Å². The second kappa shape index (κ2) is 11.5. The van der Waals surface area contributed by atoms with Gasteiger partial charge in [0.2, 0.25) is 0 Å². The lowest BCUT2D eigenvalue weighted by atomic mass is 9.82. The Kier molecular flexibility index (Phi) is 8.52. The fourth-order valence-corrected chi connectivity index (χ4v) is 5.00. The maximum atomic E-state index is 12.6. The molecule has 1 N–H and O–H groups in total. The van der Waals surface area contributed by atoms with Crippen LogP contribution in [-0.2, 0) is 16.1 Å². The molecule has 8 heteroatoms. The van der Waals surface area contributed by atoms with Crippen molar-refractivity contribution >= 4 is 23.3 Å². The molecule has 3 heterocycles. The molecule has 39 heavy (non-hydrogen) atoms. The molecule has 0 bridgehead atoms. The van der Waals surface area contributed by atoms with Crippen molar-refractivity contribution in [1.82, 2.24) is 9.97 Å². The maximum Gasteiger partial charge on any atom is 0.337 e. The standard InChI is InChI=1S/C31H38ClN3O4/c1-20-26(28(29(36)37)39-30(2,3)4)27(35-14-12-31(5,6)13-15-35)24(18-33-20)25-11-10-23(17-34-25)38-19-21-8-7-9-22(32)16-21/h7-11,16-18,28H,12-15,19H2,1-6H3,(H,36,37)/t28-/m0/s1. The molecule has 4 rings (SSSR count). The number of ether oxygens (including phenoxy) is 2. The van der Waals surface area contributed by atoms with E-state index in [4.69, 9.17) is 26.1 Å². The number of aliphatic carboxylic acids is 1. The van der Waals surface area contributed by atoms with Gasteiger partial charge in [0, 0.05) is 41.1 Å². The second-order valence-corrected chi connectivity index (χ2v) is 12.4. The number of hydrogen-bond acceptors (Lipinski definition) is 6. The van der Waals surface area contributed by atoms with Gasteiger partial charge in [0.25, 0.3) is 0 Å². The van der Waals surface area contributed by atoms with Gasteiger partial charge in [-0.3, -0.25) is 9.97 Å². The van der Waals surface area contributed by atoms with Crippen molar-refractivity contribution in [3.05, 3.63) is 70.6 Å². The van der Waals surface area contributed by atoms with Crippen molar-refractivity contribution in [3.8, 4) is 17.0 Å². The van der Waals surface area contributed by atoms with E-state index in [0.717, 1.165) is 42.7 Å².